The molecule has 5 nitrogen and oxygen atoms in total. The van der Waals surface area contributed by atoms with Crippen LogP contribution in [0.1, 0.15) is 29.9 Å². The van der Waals surface area contributed by atoms with E-state index in [4.69, 9.17) is 0 Å². The van der Waals surface area contributed by atoms with E-state index in [-0.39, 0.29) is 18.6 Å². The van der Waals surface area contributed by atoms with Gasteiger partial charge in [0.15, 0.2) is 4.96 Å². The van der Waals surface area contributed by atoms with Crippen molar-refractivity contribution in [3.8, 4) is 0 Å². The van der Waals surface area contributed by atoms with Crippen LogP contribution in [0.3, 0.4) is 0 Å². The molecule has 0 aromatic carbocycles. The third-order valence-corrected chi connectivity index (χ3v) is 5.05. The summed E-state index contributed by atoms with van der Waals surface area (Å²) in [6.07, 6.45) is 2.72. The topological polar surface area (TPSA) is 66.6 Å². The van der Waals surface area contributed by atoms with Crippen molar-refractivity contribution in [2.45, 2.75) is 26.3 Å². The number of fused-ring (bicyclic) bond motifs is 3. The van der Waals surface area contributed by atoms with Crippen molar-refractivity contribution in [1.29, 1.82) is 0 Å². The molecule has 3 aromatic rings. The molecule has 1 amide bonds. The monoisotopic (exact) mass is 323 g/mol. The molecule has 3 rings (SSSR count). The summed E-state index contributed by atoms with van der Waals surface area (Å²) in [7, 11) is 0. The summed E-state index contributed by atoms with van der Waals surface area (Å²) >= 11 is 2.97. The van der Waals surface area contributed by atoms with E-state index >= 15 is 0 Å². The molecule has 1 atom stereocenters. The predicted octanol–water partition coefficient (Wildman–Crippen LogP) is 2.75. The van der Waals surface area contributed by atoms with Gasteiger partial charge in [-0.1, -0.05) is 13.8 Å². The maximum atomic E-state index is 12.3. The van der Waals surface area contributed by atoms with E-state index in [1.807, 2.05) is 22.0 Å². The van der Waals surface area contributed by atoms with Gasteiger partial charge < -0.3 is 10.4 Å². The Morgan fingerprint density at radius 2 is 2.33 bits per heavy atom. The summed E-state index contributed by atoms with van der Waals surface area (Å²) in [4.78, 5) is 19.2. The molecule has 3 aromatic heterocycles. The number of carbonyl (C=O) groups excluding carboxylic acids is 1. The van der Waals surface area contributed by atoms with Gasteiger partial charge in [-0.2, -0.15) is 0 Å². The first kappa shape index (κ1) is 14.5. The van der Waals surface area contributed by atoms with Crippen LogP contribution in [-0.4, -0.2) is 33.0 Å². The molecule has 0 saturated carbocycles. The average Bonchev–Trinajstić information content (AvgIpc) is 3.07. The quantitative estimate of drug-likeness (QED) is 0.759. The summed E-state index contributed by atoms with van der Waals surface area (Å²) in [6, 6.07) is 1.67. The van der Waals surface area contributed by atoms with Crippen molar-refractivity contribution in [1.82, 2.24) is 14.7 Å². The number of imidazole rings is 1. The maximum Gasteiger partial charge on any atom is 0.261 e. The van der Waals surface area contributed by atoms with Gasteiger partial charge in [0, 0.05) is 11.6 Å². The van der Waals surface area contributed by atoms with E-state index in [0.717, 1.165) is 21.7 Å². The van der Waals surface area contributed by atoms with Crippen molar-refractivity contribution in [3.63, 3.8) is 0 Å². The van der Waals surface area contributed by atoms with Gasteiger partial charge in [-0.15, -0.1) is 22.7 Å². The Balaban J connectivity index is 1.82. The molecule has 7 heteroatoms. The molecule has 0 bridgehead atoms. The van der Waals surface area contributed by atoms with Crippen LogP contribution in [-0.2, 0) is 0 Å². The fourth-order valence-corrected chi connectivity index (χ4v) is 4.07. The van der Waals surface area contributed by atoms with Crippen LogP contribution in [0.5, 0.6) is 0 Å². The van der Waals surface area contributed by atoms with Crippen LogP contribution in [0, 0.1) is 5.92 Å². The smallest absolute Gasteiger partial charge is 0.261 e. The average molecular weight is 323 g/mol. The summed E-state index contributed by atoms with van der Waals surface area (Å²) in [5.74, 6) is 0.288. The van der Waals surface area contributed by atoms with Gasteiger partial charge in [0.25, 0.3) is 5.91 Å². The van der Waals surface area contributed by atoms with Gasteiger partial charge in [0.2, 0.25) is 0 Å². The lowest BCUT2D eigenvalue weighted by Crippen LogP contribution is -2.38. The van der Waals surface area contributed by atoms with Crippen LogP contribution in [0.4, 0.5) is 0 Å². The summed E-state index contributed by atoms with van der Waals surface area (Å²) in [5.41, 5.74) is 0.964. The highest BCUT2D eigenvalue weighted by molar-refractivity contribution is 7.21. The minimum absolute atomic E-state index is 0.0389. The number of hydrogen-bond donors (Lipinski definition) is 2. The Morgan fingerprint density at radius 3 is 3.05 bits per heavy atom. The van der Waals surface area contributed by atoms with Crippen molar-refractivity contribution in [2.24, 2.45) is 5.92 Å². The van der Waals surface area contributed by atoms with Crippen molar-refractivity contribution in [3.05, 3.63) is 22.5 Å². The van der Waals surface area contributed by atoms with Crippen LogP contribution < -0.4 is 5.32 Å². The zero-order valence-electron chi connectivity index (χ0n) is 11.9. The van der Waals surface area contributed by atoms with Crippen LogP contribution in [0.15, 0.2) is 17.6 Å². The van der Waals surface area contributed by atoms with Gasteiger partial charge in [-0.05, 0) is 18.4 Å². The molecule has 112 valence electrons. The number of aromatic nitrogens is 2. The van der Waals surface area contributed by atoms with Gasteiger partial charge in [0.05, 0.1) is 23.0 Å². The molecule has 0 aliphatic rings. The molecule has 0 aliphatic heterocycles. The first-order chi connectivity index (χ1) is 10.1. The third kappa shape index (κ3) is 2.81. The molecule has 0 saturated heterocycles. The van der Waals surface area contributed by atoms with Crippen LogP contribution in [0.25, 0.3) is 15.3 Å². The molecule has 0 spiro atoms. The van der Waals surface area contributed by atoms with E-state index in [2.05, 4.69) is 24.1 Å². The minimum atomic E-state index is -0.198. The number of aliphatic hydroxyl groups excluding tert-OH is 1. The van der Waals surface area contributed by atoms with E-state index in [9.17, 15) is 9.90 Å². The number of hydrogen-bond acceptors (Lipinski definition) is 5. The second-order valence-corrected chi connectivity index (χ2v) is 7.35. The number of thiophene rings is 1. The molecule has 0 fully saturated rings. The van der Waals surface area contributed by atoms with E-state index in [1.54, 1.807) is 11.3 Å². The molecular weight excluding hydrogens is 306 g/mol. The molecular formula is C14H17N3O2S2. The normalized spacial score (nSPS) is 13.3. The highest BCUT2D eigenvalue weighted by Gasteiger charge is 2.18. The molecule has 3 heterocycles. The number of nitrogens with zero attached hydrogens (tertiary/aromatic N) is 2. The lowest BCUT2D eigenvalue weighted by atomic mass is 10.0. The molecule has 0 aliphatic carbocycles. The standard InChI is InChI=1S/C14H17N3O2S2/c1-8(2)5-9(7-18)15-12(19)11-6-10-13(21-11)16-14-17(10)3-4-20-14/h3-4,6,8-9,18H,5,7H2,1-2H3,(H,15,19). The zero-order valence-corrected chi connectivity index (χ0v) is 13.5. The summed E-state index contributed by atoms with van der Waals surface area (Å²) in [5, 5.41) is 14.2. The summed E-state index contributed by atoms with van der Waals surface area (Å²) in [6.45, 7) is 4.10. The van der Waals surface area contributed by atoms with E-state index < -0.39 is 0 Å². The fourth-order valence-electron chi connectivity index (χ4n) is 2.36. The van der Waals surface area contributed by atoms with Crippen molar-refractivity contribution >= 4 is 43.9 Å². The Hall–Kier alpha value is -1.44. The first-order valence-corrected chi connectivity index (χ1v) is 8.55. The number of nitrogens with one attached hydrogen (secondary N) is 1. The number of amides is 1. The van der Waals surface area contributed by atoms with Gasteiger partial charge in [-0.3, -0.25) is 9.20 Å². The lowest BCUT2D eigenvalue weighted by molar-refractivity contribution is 0.0912. The van der Waals surface area contributed by atoms with Crippen molar-refractivity contribution < 1.29 is 9.90 Å². The molecule has 1 unspecified atom stereocenters. The SMILES string of the molecule is CC(C)CC(CO)NC(=O)c1cc2c(nc3sccn32)s1. The highest BCUT2D eigenvalue weighted by atomic mass is 32.1. The van der Waals surface area contributed by atoms with Crippen LogP contribution in [0.2, 0.25) is 0 Å². The first-order valence-electron chi connectivity index (χ1n) is 6.85. The van der Waals surface area contributed by atoms with Gasteiger partial charge in [-0.25, -0.2) is 4.98 Å². The molecule has 2 N–H and O–H groups in total. The Labute approximate surface area is 130 Å². The lowest BCUT2D eigenvalue weighted by Gasteiger charge is -2.17. The Bertz CT molecular complexity index is 772. The van der Waals surface area contributed by atoms with Gasteiger partial charge >= 0.3 is 0 Å². The number of thiazole rings is 1. The summed E-state index contributed by atoms with van der Waals surface area (Å²) < 4.78 is 1.99. The number of aliphatic hydroxyl groups is 1. The van der Waals surface area contributed by atoms with Gasteiger partial charge in [0.1, 0.15) is 4.83 Å². The second kappa shape index (κ2) is 5.75. The number of carbonyl (C=O) groups is 1. The Morgan fingerprint density at radius 1 is 1.52 bits per heavy atom. The largest absolute Gasteiger partial charge is 0.394 e. The zero-order chi connectivity index (χ0) is 15.0. The minimum Gasteiger partial charge on any atom is -0.394 e. The second-order valence-electron chi connectivity index (χ2n) is 5.45. The van der Waals surface area contributed by atoms with Crippen molar-refractivity contribution in [2.75, 3.05) is 6.61 Å². The fraction of sp³-hybridized carbons (Fsp3) is 0.429. The van der Waals surface area contributed by atoms with E-state index in [1.165, 1.54) is 11.3 Å². The maximum absolute atomic E-state index is 12.3. The molecule has 0 radical (unpaired) electrons. The third-order valence-electron chi connectivity index (χ3n) is 3.28. The number of rotatable bonds is 5. The highest BCUT2D eigenvalue weighted by Crippen LogP contribution is 2.28. The predicted molar refractivity (Wildman–Crippen MR) is 86.2 cm³/mol. The van der Waals surface area contributed by atoms with Crippen LogP contribution >= 0.6 is 22.7 Å². The Kier molecular flexibility index (Phi) is 3.97. The van der Waals surface area contributed by atoms with E-state index in [0.29, 0.717) is 10.8 Å². The molecule has 21 heavy (non-hydrogen) atoms.